The van der Waals surface area contributed by atoms with Gasteiger partial charge in [-0.25, -0.2) is 8.42 Å². The van der Waals surface area contributed by atoms with Crippen molar-refractivity contribution in [1.82, 2.24) is 10.2 Å². The van der Waals surface area contributed by atoms with Crippen molar-refractivity contribution in [2.75, 3.05) is 13.1 Å². The number of nitrogens with one attached hydrogen (secondary N) is 1. The third kappa shape index (κ3) is 4.66. The second-order valence-corrected chi connectivity index (χ2v) is 11.4. The molecule has 1 aliphatic carbocycles. The Hall–Kier alpha value is -1.89. The number of hydrogen-bond acceptors (Lipinski definition) is 4. The number of carbonyl (C=O) groups excluding carboxylic acids is 1. The Bertz CT molecular complexity index is 995. The normalized spacial score (nSPS) is 19.9. The van der Waals surface area contributed by atoms with Gasteiger partial charge in [-0.05, 0) is 55.5 Å². The van der Waals surface area contributed by atoms with Crippen LogP contribution in [0.3, 0.4) is 0 Å². The molecule has 5 nitrogen and oxygen atoms in total. The molecule has 0 aromatic heterocycles. The molecule has 1 aliphatic heterocycles. The Morgan fingerprint density at radius 2 is 1.61 bits per heavy atom. The van der Waals surface area contributed by atoms with Crippen LogP contribution in [0, 0.1) is 0 Å². The lowest BCUT2D eigenvalue weighted by molar-refractivity contribution is -0.124. The van der Waals surface area contributed by atoms with Crippen LogP contribution in [0.2, 0.25) is 5.02 Å². The van der Waals surface area contributed by atoms with Crippen LogP contribution in [0.15, 0.2) is 59.5 Å². The number of piperidine rings is 1. The molecule has 2 aromatic rings. The molecule has 4 rings (SSSR count). The van der Waals surface area contributed by atoms with Crippen LogP contribution in [0.4, 0.5) is 0 Å². The minimum atomic E-state index is -3.80. The second kappa shape index (κ2) is 9.31. The fraction of sp³-hybridized carbons (Fsp3) is 0.458. The van der Waals surface area contributed by atoms with E-state index in [4.69, 9.17) is 11.6 Å². The summed E-state index contributed by atoms with van der Waals surface area (Å²) in [5, 5.41) is 3.58. The number of likely N-dealkylation sites (tertiary alicyclic amines) is 1. The van der Waals surface area contributed by atoms with E-state index in [0.717, 1.165) is 45.3 Å². The van der Waals surface area contributed by atoms with E-state index in [1.165, 1.54) is 17.7 Å². The van der Waals surface area contributed by atoms with E-state index in [1.54, 1.807) is 12.1 Å². The van der Waals surface area contributed by atoms with Crippen LogP contribution in [0.1, 0.15) is 44.1 Å². The molecule has 7 heteroatoms. The van der Waals surface area contributed by atoms with Gasteiger partial charge >= 0.3 is 0 Å². The van der Waals surface area contributed by atoms with E-state index in [-0.39, 0.29) is 16.8 Å². The van der Waals surface area contributed by atoms with Gasteiger partial charge in [0.1, 0.15) is 0 Å². The lowest BCUT2D eigenvalue weighted by Crippen LogP contribution is -2.55. The van der Waals surface area contributed by atoms with Gasteiger partial charge in [0.05, 0.1) is 4.90 Å². The van der Waals surface area contributed by atoms with E-state index in [9.17, 15) is 13.2 Å². The first-order valence-electron chi connectivity index (χ1n) is 11.0. The Kier molecular flexibility index (Phi) is 6.70. The number of halogens is 1. The summed E-state index contributed by atoms with van der Waals surface area (Å²) in [6.45, 7) is 2.67. The van der Waals surface area contributed by atoms with Gasteiger partial charge in [0.25, 0.3) is 0 Å². The largest absolute Gasteiger partial charge is 0.352 e. The number of nitrogens with zero attached hydrogens (tertiary/aromatic N) is 1. The van der Waals surface area contributed by atoms with E-state index < -0.39 is 14.6 Å². The second-order valence-electron chi connectivity index (χ2n) is 8.67. The zero-order chi connectivity index (χ0) is 21.9. The monoisotopic (exact) mass is 460 g/mol. The van der Waals surface area contributed by atoms with Crippen LogP contribution < -0.4 is 5.32 Å². The van der Waals surface area contributed by atoms with Crippen LogP contribution in [-0.2, 0) is 21.2 Å². The van der Waals surface area contributed by atoms with Crippen LogP contribution in [0.5, 0.6) is 0 Å². The van der Waals surface area contributed by atoms with Gasteiger partial charge in [-0.3, -0.25) is 9.69 Å². The predicted molar refractivity (Wildman–Crippen MR) is 123 cm³/mol. The van der Waals surface area contributed by atoms with E-state index >= 15 is 0 Å². The quantitative estimate of drug-likeness (QED) is 0.701. The van der Waals surface area contributed by atoms with Gasteiger partial charge in [-0.15, -0.1) is 0 Å². The lowest BCUT2D eigenvalue weighted by atomic mass is 10.0. The molecule has 1 saturated carbocycles. The standard InChI is InChI=1S/C24H29ClN2O3S/c25-20-8-10-22(11-9-20)31(29,30)24(14-4-5-15-24)23(28)26-21-12-16-27(17-13-21)18-19-6-2-1-3-7-19/h1-3,6-11,21H,4-5,12-18H2,(H,26,28). The molecule has 0 spiro atoms. The first kappa shape index (κ1) is 22.3. The maximum atomic E-state index is 13.5. The summed E-state index contributed by atoms with van der Waals surface area (Å²) in [7, 11) is -3.80. The summed E-state index contributed by atoms with van der Waals surface area (Å²) in [6.07, 6.45) is 3.89. The Morgan fingerprint density at radius 3 is 2.23 bits per heavy atom. The maximum Gasteiger partial charge on any atom is 0.242 e. The van der Waals surface area contributed by atoms with Crippen molar-refractivity contribution in [2.24, 2.45) is 0 Å². The topological polar surface area (TPSA) is 66.5 Å². The molecular formula is C24H29ClN2O3S. The van der Waals surface area contributed by atoms with Crippen molar-refractivity contribution >= 4 is 27.3 Å². The summed E-state index contributed by atoms with van der Waals surface area (Å²) in [6, 6.07) is 16.5. The maximum absolute atomic E-state index is 13.5. The van der Waals surface area contributed by atoms with Crippen LogP contribution in [0.25, 0.3) is 0 Å². The van der Waals surface area contributed by atoms with E-state index in [0.29, 0.717) is 17.9 Å². The Labute approximate surface area is 189 Å². The molecular weight excluding hydrogens is 432 g/mol. The summed E-state index contributed by atoms with van der Waals surface area (Å²) < 4.78 is 25.6. The first-order valence-corrected chi connectivity index (χ1v) is 12.8. The first-order chi connectivity index (χ1) is 14.9. The average Bonchev–Trinajstić information content (AvgIpc) is 3.28. The summed E-state index contributed by atoms with van der Waals surface area (Å²) >= 11 is 5.93. The van der Waals surface area contributed by atoms with Crippen molar-refractivity contribution in [2.45, 2.75) is 60.8 Å². The molecule has 1 heterocycles. The summed E-state index contributed by atoms with van der Waals surface area (Å²) in [5.41, 5.74) is 1.28. The zero-order valence-electron chi connectivity index (χ0n) is 17.6. The molecule has 2 aromatic carbocycles. The SMILES string of the molecule is O=C(NC1CCN(Cc2ccccc2)CC1)C1(S(=O)(=O)c2ccc(Cl)cc2)CCCC1. The van der Waals surface area contributed by atoms with Gasteiger partial charge in [-0.1, -0.05) is 54.8 Å². The number of amides is 1. The molecule has 0 radical (unpaired) electrons. The smallest absolute Gasteiger partial charge is 0.242 e. The van der Waals surface area contributed by atoms with Crippen molar-refractivity contribution in [3.8, 4) is 0 Å². The molecule has 31 heavy (non-hydrogen) atoms. The predicted octanol–water partition coefficient (Wildman–Crippen LogP) is 4.21. The highest BCUT2D eigenvalue weighted by molar-refractivity contribution is 7.93. The van der Waals surface area contributed by atoms with Gasteiger partial charge in [0.2, 0.25) is 5.91 Å². The Balaban J connectivity index is 1.42. The fourth-order valence-corrected chi connectivity index (χ4v) is 7.00. The van der Waals surface area contributed by atoms with Gasteiger partial charge in [0.15, 0.2) is 14.6 Å². The number of carbonyl (C=O) groups is 1. The summed E-state index contributed by atoms with van der Waals surface area (Å²) in [4.78, 5) is 15.9. The van der Waals surface area contributed by atoms with Gasteiger partial charge < -0.3 is 5.32 Å². The molecule has 1 N–H and O–H groups in total. The molecule has 1 saturated heterocycles. The van der Waals surface area contributed by atoms with Gasteiger partial charge in [-0.2, -0.15) is 0 Å². The minimum Gasteiger partial charge on any atom is -0.352 e. The highest BCUT2D eigenvalue weighted by atomic mass is 35.5. The average molecular weight is 461 g/mol. The molecule has 2 aliphatic rings. The summed E-state index contributed by atoms with van der Waals surface area (Å²) in [5.74, 6) is -0.332. The molecule has 2 fully saturated rings. The van der Waals surface area contributed by atoms with E-state index in [1.807, 2.05) is 18.2 Å². The van der Waals surface area contributed by atoms with Crippen molar-refractivity contribution in [3.05, 3.63) is 65.2 Å². The highest BCUT2D eigenvalue weighted by Crippen LogP contribution is 2.41. The number of rotatable bonds is 6. The van der Waals surface area contributed by atoms with Gasteiger partial charge in [0, 0.05) is 30.7 Å². The minimum absolute atomic E-state index is 0.0115. The van der Waals surface area contributed by atoms with Crippen molar-refractivity contribution in [3.63, 3.8) is 0 Å². The van der Waals surface area contributed by atoms with Crippen molar-refractivity contribution in [1.29, 1.82) is 0 Å². The van der Waals surface area contributed by atoms with E-state index in [2.05, 4.69) is 22.3 Å². The molecule has 166 valence electrons. The molecule has 0 bridgehead atoms. The van der Waals surface area contributed by atoms with Crippen molar-refractivity contribution < 1.29 is 13.2 Å². The fourth-order valence-electron chi connectivity index (χ4n) is 4.80. The third-order valence-electron chi connectivity index (χ3n) is 6.64. The highest BCUT2D eigenvalue weighted by Gasteiger charge is 2.53. The number of sulfone groups is 1. The molecule has 0 unspecified atom stereocenters. The molecule has 0 atom stereocenters. The lowest BCUT2D eigenvalue weighted by Gasteiger charge is -2.35. The third-order valence-corrected chi connectivity index (χ3v) is 9.40. The van der Waals surface area contributed by atoms with Crippen LogP contribution >= 0.6 is 11.6 Å². The Morgan fingerprint density at radius 1 is 1.00 bits per heavy atom. The zero-order valence-corrected chi connectivity index (χ0v) is 19.2. The molecule has 1 amide bonds. The number of benzene rings is 2. The van der Waals surface area contributed by atoms with Crippen LogP contribution in [-0.4, -0.2) is 43.1 Å². The number of hydrogen-bond donors (Lipinski definition) is 1.